The van der Waals surface area contributed by atoms with Gasteiger partial charge in [-0.25, -0.2) is 13.2 Å². The molecule has 0 spiro atoms. The summed E-state index contributed by atoms with van der Waals surface area (Å²) in [5.41, 5.74) is 5.77. The van der Waals surface area contributed by atoms with Crippen molar-refractivity contribution < 1.29 is 13.2 Å². The van der Waals surface area contributed by atoms with Crippen LogP contribution in [0.1, 0.15) is 25.7 Å². The SMILES string of the molecule is NC1CCC(Nc2cc(F)c(F)cc2F)CC1. The van der Waals surface area contributed by atoms with Gasteiger partial charge in [0.05, 0.1) is 5.69 Å². The van der Waals surface area contributed by atoms with Gasteiger partial charge in [-0.15, -0.1) is 0 Å². The van der Waals surface area contributed by atoms with E-state index >= 15 is 0 Å². The summed E-state index contributed by atoms with van der Waals surface area (Å²) in [5, 5.41) is 2.90. The van der Waals surface area contributed by atoms with Crippen LogP contribution in [0.2, 0.25) is 0 Å². The van der Waals surface area contributed by atoms with E-state index in [1.165, 1.54) is 0 Å². The zero-order valence-corrected chi connectivity index (χ0v) is 9.35. The molecule has 0 aliphatic heterocycles. The van der Waals surface area contributed by atoms with Crippen molar-refractivity contribution in [1.82, 2.24) is 0 Å². The highest BCUT2D eigenvalue weighted by molar-refractivity contribution is 5.46. The Morgan fingerprint density at radius 1 is 0.941 bits per heavy atom. The third-order valence-corrected chi connectivity index (χ3v) is 3.14. The summed E-state index contributed by atoms with van der Waals surface area (Å²) in [5.74, 6) is -2.97. The molecule has 0 aromatic heterocycles. The third-order valence-electron chi connectivity index (χ3n) is 3.14. The van der Waals surface area contributed by atoms with E-state index in [1.54, 1.807) is 0 Å². The molecule has 2 nitrogen and oxygen atoms in total. The van der Waals surface area contributed by atoms with Gasteiger partial charge in [-0.05, 0) is 25.7 Å². The monoisotopic (exact) mass is 244 g/mol. The maximum Gasteiger partial charge on any atom is 0.161 e. The van der Waals surface area contributed by atoms with E-state index in [0.29, 0.717) is 6.07 Å². The lowest BCUT2D eigenvalue weighted by atomic mass is 9.91. The van der Waals surface area contributed by atoms with Gasteiger partial charge in [-0.3, -0.25) is 0 Å². The van der Waals surface area contributed by atoms with Crippen LogP contribution in [0, 0.1) is 17.5 Å². The van der Waals surface area contributed by atoms with E-state index < -0.39 is 17.5 Å². The van der Waals surface area contributed by atoms with Crippen molar-refractivity contribution in [2.45, 2.75) is 37.8 Å². The van der Waals surface area contributed by atoms with Crippen LogP contribution in [0.25, 0.3) is 0 Å². The van der Waals surface area contributed by atoms with E-state index in [-0.39, 0.29) is 17.8 Å². The Kier molecular flexibility index (Phi) is 3.57. The smallest absolute Gasteiger partial charge is 0.161 e. The highest BCUT2D eigenvalue weighted by atomic mass is 19.2. The second-order valence-electron chi connectivity index (χ2n) is 4.50. The van der Waals surface area contributed by atoms with Gasteiger partial charge in [0.1, 0.15) is 5.82 Å². The van der Waals surface area contributed by atoms with Crippen molar-refractivity contribution in [3.8, 4) is 0 Å². The minimum atomic E-state index is -1.17. The molecule has 0 unspecified atom stereocenters. The van der Waals surface area contributed by atoms with Gasteiger partial charge >= 0.3 is 0 Å². The van der Waals surface area contributed by atoms with Crippen LogP contribution in [-0.2, 0) is 0 Å². The molecule has 0 heterocycles. The molecular formula is C12H15F3N2. The fourth-order valence-corrected chi connectivity index (χ4v) is 2.12. The summed E-state index contributed by atoms with van der Waals surface area (Å²) in [7, 11) is 0. The Balaban J connectivity index is 2.06. The molecule has 0 saturated heterocycles. The van der Waals surface area contributed by atoms with Crippen LogP contribution < -0.4 is 11.1 Å². The summed E-state index contributed by atoms with van der Waals surface area (Å²) in [6.07, 6.45) is 3.37. The molecule has 94 valence electrons. The minimum absolute atomic E-state index is 0.0179. The van der Waals surface area contributed by atoms with E-state index in [2.05, 4.69) is 5.32 Å². The van der Waals surface area contributed by atoms with E-state index in [0.717, 1.165) is 31.7 Å². The fraction of sp³-hybridized carbons (Fsp3) is 0.500. The second-order valence-corrected chi connectivity index (χ2v) is 4.50. The number of nitrogens with two attached hydrogens (primary N) is 1. The third kappa shape index (κ3) is 2.91. The van der Waals surface area contributed by atoms with Gasteiger partial charge in [0.2, 0.25) is 0 Å². The van der Waals surface area contributed by atoms with Crippen LogP contribution in [-0.4, -0.2) is 12.1 Å². The lowest BCUT2D eigenvalue weighted by Gasteiger charge is -2.27. The van der Waals surface area contributed by atoms with Crippen LogP contribution in [0.3, 0.4) is 0 Å². The fourth-order valence-electron chi connectivity index (χ4n) is 2.12. The molecule has 0 amide bonds. The maximum absolute atomic E-state index is 13.4. The number of halogens is 3. The first-order chi connectivity index (χ1) is 8.06. The Morgan fingerprint density at radius 3 is 2.18 bits per heavy atom. The quantitative estimate of drug-likeness (QED) is 0.785. The Labute approximate surface area is 98.0 Å². The maximum atomic E-state index is 13.4. The molecule has 1 aliphatic rings. The Bertz CT molecular complexity index is 401. The summed E-state index contributed by atoms with van der Waals surface area (Å²) >= 11 is 0. The minimum Gasteiger partial charge on any atom is -0.380 e. The topological polar surface area (TPSA) is 38.0 Å². The number of anilines is 1. The van der Waals surface area contributed by atoms with Gasteiger partial charge in [0, 0.05) is 24.2 Å². The normalized spacial score (nSPS) is 24.7. The molecule has 1 saturated carbocycles. The van der Waals surface area contributed by atoms with Gasteiger partial charge in [-0.2, -0.15) is 0 Å². The number of nitrogens with one attached hydrogen (secondary N) is 1. The van der Waals surface area contributed by atoms with Crippen molar-refractivity contribution in [1.29, 1.82) is 0 Å². The van der Waals surface area contributed by atoms with E-state index in [1.807, 2.05) is 0 Å². The zero-order valence-electron chi connectivity index (χ0n) is 9.35. The molecule has 1 aromatic carbocycles. The molecule has 17 heavy (non-hydrogen) atoms. The standard InChI is InChI=1S/C12H15F3N2/c13-9-5-11(15)12(6-10(9)14)17-8-3-1-7(16)2-4-8/h5-8,17H,1-4,16H2. The van der Waals surface area contributed by atoms with Crippen molar-refractivity contribution in [2.24, 2.45) is 5.73 Å². The largest absolute Gasteiger partial charge is 0.380 e. The van der Waals surface area contributed by atoms with Crippen molar-refractivity contribution in [3.63, 3.8) is 0 Å². The van der Waals surface area contributed by atoms with Crippen LogP contribution >= 0.6 is 0 Å². The van der Waals surface area contributed by atoms with Gasteiger partial charge in [-0.1, -0.05) is 0 Å². The molecule has 0 atom stereocenters. The first-order valence-corrected chi connectivity index (χ1v) is 5.73. The Morgan fingerprint density at radius 2 is 1.53 bits per heavy atom. The summed E-state index contributed by atoms with van der Waals surface area (Å²) in [4.78, 5) is 0. The van der Waals surface area contributed by atoms with Crippen LogP contribution in [0.5, 0.6) is 0 Å². The number of hydrogen-bond donors (Lipinski definition) is 2. The zero-order chi connectivity index (χ0) is 12.4. The highest BCUT2D eigenvalue weighted by Crippen LogP contribution is 2.24. The van der Waals surface area contributed by atoms with Crippen LogP contribution in [0.15, 0.2) is 12.1 Å². The molecule has 3 N–H and O–H groups in total. The van der Waals surface area contributed by atoms with Crippen molar-refractivity contribution >= 4 is 5.69 Å². The summed E-state index contributed by atoms with van der Waals surface area (Å²) in [6.45, 7) is 0. The first kappa shape index (κ1) is 12.2. The summed E-state index contributed by atoms with van der Waals surface area (Å²) in [6, 6.07) is 1.70. The molecule has 1 fully saturated rings. The number of benzene rings is 1. The van der Waals surface area contributed by atoms with Crippen molar-refractivity contribution in [2.75, 3.05) is 5.32 Å². The van der Waals surface area contributed by atoms with Gasteiger partial charge in [0.15, 0.2) is 11.6 Å². The first-order valence-electron chi connectivity index (χ1n) is 5.73. The molecule has 1 aromatic rings. The molecule has 2 rings (SSSR count). The predicted octanol–water partition coefficient (Wildman–Crippen LogP) is 2.79. The molecular weight excluding hydrogens is 229 g/mol. The summed E-state index contributed by atoms with van der Waals surface area (Å²) < 4.78 is 39.1. The molecule has 0 bridgehead atoms. The molecule has 1 aliphatic carbocycles. The van der Waals surface area contributed by atoms with E-state index in [4.69, 9.17) is 5.73 Å². The lowest BCUT2D eigenvalue weighted by Crippen LogP contribution is -2.33. The van der Waals surface area contributed by atoms with Gasteiger partial charge in [0.25, 0.3) is 0 Å². The Hall–Kier alpha value is -1.23. The molecule has 0 radical (unpaired) electrons. The van der Waals surface area contributed by atoms with E-state index in [9.17, 15) is 13.2 Å². The average molecular weight is 244 g/mol. The van der Waals surface area contributed by atoms with Gasteiger partial charge < -0.3 is 11.1 Å². The van der Waals surface area contributed by atoms with Crippen molar-refractivity contribution in [3.05, 3.63) is 29.6 Å². The number of hydrogen-bond acceptors (Lipinski definition) is 2. The predicted molar refractivity (Wildman–Crippen MR) is 60.2 cm³/mol. The second kappa shape index (κ2) is 4.96. The highest BCUT2D eigenvalue weighted by Gasteiger charge is 2.20. The average Bonchev–Trinajstić information content (AvgIpc) is 2.29. The number of rotatable bonds is 2. The lowest BCUT2D eigenvalue weighted by molar-refractivity contribution is 0.409. The molecule has 5 heteroatoms. The van der Waals surface area contributed by atoms with Crippen LogP contribution in [0.4, 0.5) is 18.9 Å².